The first-order valence-electron chi connectivity index (χ1n) is 5.56. The standard InChI is InChI=1S/C12H6F8O4/c13-9(14)11(17,18)5-23-7(21)3-1-2-4-8(22)24-6-12(19,20)10(15)16/h9-10H,5-6H2. The Morgan fingerprint density at radius 1 is 0.750 bits per heavy atom. The van der Waals surface area contributed by atoms with E-state index in [9.17, 15) is 44.7 Å². The van der Waals surface area contributed by atoms with Crippen LogP contribution in [0.3, 0.4) is 0 Å². The lowest BCUT2D eigenvalue weighted by Crippen LogP contribution is -2.33. The van der Waals surface area contributed by atoms with E-state index in [4.69, 9.17) is 0 Å². The predicted molar refractivity (Wildman–Crippen MR) is 59.4 cm³/mol. The maximum atomic E-state index is 12.4. The van der Waals surface area contributed by atoms with E-state index in [0.29, 0.717) is 0 Å². The zero-order valence-electron chi connectivity index (χ0n) is 11.2. The molecule has 0 aromatic heterocycles. The van der Waals surface area contributed by atoms with Gasteiger partial charge >= 0.3 is 36.6 Å². The summed E-state index contributed by atoms with van der Waals surface area (Å²) in [6.45, 7) is -3.90. The number of rotatable bonds is 6. The summed E-state index contributed by atoms with van der Waals surface area (Å²) >= 11 is 0. The van der Waals surface area contributed by atoms with Crippen LogP contribution in [-0.4, -0.2) is 49.8 Å². The van der Waals surface area contributed by atoms with E-state index >= 15 is 0 Å². The lowest BCUT2D eigenvalue weighted by Gasteiger charge is -2.13. The van der Waals surface area contributed by atoms with Crippen molar-refractivity contribution in [2.75, 3.05) is 13.2 Å². The molecule has 0 aliphatic heterocycles. The van der Waals surface area contributed by atoms with E-state index in [0.717, 1.165) is 0 Å². The lowest BCUT2D eigenvalue weighted by molar-refractivity contribution is -0.175. The molecule has 0 aromatic carbocycles. The van der Waals surface area contributed by atoms with Gasteiger partial charge in [0.25, 0.3) is 0 Å². The van der Waals surface area contributed by atoms with Gasteiger partial charge in [-0.3, -0.25) is 0 Å². The Bertz CT molecular complexity index is 527. The van der Waals surface area contributed by atoms with Crippen molar-refractivity contribution in [3.05, 3.63) is 0 Å². The van der Waals surface area contributed by atoms with Crippen LogP contribution in [0.4, 0.5) is 35.1 Å². The van der Waals surface area contributed by atoms with Crippen molar-refractivity contribution in [3.63, 3.8) is 0 Å². The molecular formula is C12H6F8O4. The zero-order chi connectivity index (χ0) is 19.0. The fourth-order valence-corrected chi connectivity index (χ4v) is 0.686. The van der Waals surface area contributed by atoms with Gasteiger partial charge in [0.2, 0.25) is 0 Å². The minimum atomic E-state index is -4.58. The second-order valence-electron chi connectivity index (χ2n) is 3.78. The average Bonchev–Trinajstić information content (AvgIpc) is 2.47. The fraction of sp³-hybridized carbons (Fsp3) is 0.500. The molecule has 0 radical (unpaired) electrons. The highest BCUT2D eigenvalue weighted by molar-refractivity contribution is 5.91. The van der Waals surface area contributed by atoms with Gasteiger partial charge in [-0.1, -0.05) is 0 Å². The summed E-state index contributed by atoms with van der Waals surface area (Å²) in [6.07, 6.45) is -8.14. The number of hydrogen-bond donors (Lipinski definition) is 0. The zero-order valence-corrected chi connectivity index (χ0v) is 11.2. The van der Waals surface area contributed by atoms with Crippen molar-refractivity contribution in [1.29, 1.82) is 0 Å². The number of esters is 2. The number of halogens is 8. The van der Waals surface area contributed by atoms with Crippen LogP contribution in [0.1, 0.15) is 0 Å². The molecule has 0 saturated heterocycles. The van der Waals surface area contributed by atoms with Crippen LogP contribution in [0, 0.1) is 23.7 Å². The summed E-state index contributed by atoms with van der Waals surface area (Å²) < 4.78 is 104. The molecule has 0 N–H and O–H groups in total. The Morgan fingerprint density at radius 3 is 1.29 bits per heavy atom. The monoisotopic (exact) mass is 366 g/mol. The van der Waals surface area contributed by atoms with Crippen LogP contribution in [0.25, 0.3) is 0 Å². The first-order valence-corrected chi connectivity index (χ1v) is 5.56. The van der Waals surface area contributed by atoms with Crippen molar-refractivity contribution in [1.82, 2.24) is 0 Å². The Kier molecular flexibility index (Phi) is 8.02. The van der Waals surface area contributed by atoms with E-state index < -0.39 is 49.8 Å². The molecule has 0 aromatic rings. The van der Waals surface area contributed by atoms with E-state index in [2.05, 4.69) is 9.47 Å². The second kappa shape index (κ2) is 8.96. The predicted octanol–water partition coefficient (Wildman–Crippen LogP) is 1.88. The quantitative estimate of drug-likeness (QED) is 0.312. The largest absolute Gasteiger partial charge is 0.449 e. The van der Waals surface area contributed by atoms with E-state index in [1.807, 2.05) is 0 Å². The molecule has 0 atom stereocenters. The Morgan fingerprint density at radius 2 is 1.04 bits per heavy atom. The van der Waals surface area contributed by atoms with Gasteiger partial charge in [0, 0.05) is 11.8 Å². The molecule has 24 heavy (non-hydrogen) atoms. The van der Waals surface area contributed by atoms with Crippen molar-refractivity contribution in [2.24, 2.45) is 0 Å². The van der Waals surface area contributed by atoms with Crippen LogP contribution >= 0.6 is 0 Å². The smallest absolute Gasteiger partial charge is 0.385 e. The topological polar surface area (TPSA) is 52.6 Å². The third kappa shape index (κ3) is 8.22. The molecule has 12 heteroatoms. The van der Waals surface area contributed by atoms with Crippen molar-refractivity contribution < 1.29 is 54.2 Å². The molecule has 0 bridgehead atoms. The first kappa shape index (κ1) is 21.5. The van der Waals surface area contributed by atoms with Gasteiger partial charge in [0.1, 0.15) is 0 Å². The molecule has 0 unspecified atom stereocenters. The summed E-state index contributed by atoms with van der Waals surface area (Å²) in [4.78, 5) is 21.5. The van der Waals surface area contributed by atoms with E-state index in [1.54, 1.807) is 11.8 Å². The van der Waals surface area contributed by atoms with Crippen LogP contribution in [0.2, 0.25) is 0 Å². The molecule has 4 nitrogen and oxygen atoms in total. The molecule has 0 aliphatic carbocycles. The number of carbonyl (C=O) groups is 2. The van der Waals surface area contributed by atoms with Crippen molar-refractivity contribution >= 4 is 11.9 Å². The lowest BCUT2D eigenvalue weighted by atomic mass is 10.4. The second-order valence-corrected chi connectivity index (χ2v) is 3.78. The van der Waals surface area contributed by atoms with Crippen LogP contribution in [0.15, 0.2) is 0 Å². The van der Waals surface area contributed by atoms with Crippen molar-refractivity contribution in [3.8, 4) is 23.7 Å². The number of carbonyl (C=O) groups excluding carboxylic acids is 2. The van der Waals surface area contributed by atoms with Crippen molar-refractivity contribution in [2.45, 2.75) is 24.7 Å². The van der Waals surface area contributed by atoms with Crippen LogP contribution in [0.5, 0.6) is 0 Å². The molecule has 0 rings (SSSR count). The molecular weight excluding hydrogens is 360 g/mol. The highest BCUT2D eigenvalue weighted by atomic mass is 19.3. The molecule has 0 fully saturated rings. The highest BCUT2D eigenvalue weighted by Gasteiger charge is 2.42. The van der Waals surface area contributed by atoms with Gasteiger partial charge in [0.15, 0.2) is 13.2 Å². The SMILES string of the molecule is O=C(C#CC#CC(=O)OCC(F)(F)C(F)F)OCC(F)(F)C(F)F. The molecule has 0 spiro atoms. The Hall–Kier alpha value is -2.50. The van der Waals surface area contributed by atoms with E-state index in [1.165, 1.54) is 11.8 Å². The maximum absolute atomic E-state index is 12.4. The number of ether oxygens (including phenoxy) is 2. The minimum Gasteiger partial charge on any atom is -0.449 e. The Labute approximate surface area is 129 Å². The maximum Gasteiger partial charge on any atom is 0.385 e. The molecule has 134 valence electrons. The van der Waals surface area contributed by atoms with Gasteiger partial charge in [-0.2, -0.15) is 17.6 Å². The normalized spacial score (nSPS) is 11.2. The summed E-state index contributed by atoms with van der Waals surface area (Å²) in [6, 6.07) is 0. The first-order chi connectivity index (χ1) is 10.9. The van der Waals surface area contributed by atoms with Crippen LogP contribution in [-0.2, 0) is 19.1 Å². The van der Waals surface area contributed by atoms with Crippen LogP contribution < -0.4 is 0 Å². The van der Waals surface area contributed by atoms with Gasteiger partial charge in [-0.05, 0) is 11.8 Å². The van der Waals surface area contributed by atoms with Gasteiger partial charge in [-0.25, -0.2) is 27.2 Å². The van der Waals surface area contributed by atoms with E-state index in [-0.39, 0.29) is 0 Å². The Balaban J connectivity index is 4.38. The number of alkyl halides is 8. The van der Waals surface area contributed by atoms with Gasteiger partial charge < -0.3 is 9.47 Å². The minimum absolute atomic E-state index is 1.40. The summed E-state index contributed by atoms with van der Waals surface area (Å²) in [5.74, 6) is -6.62. The third-order valence-electron chi connectivity index (χ3n) is 1.82. The third-order valence-corrected chi connectivity index (χ3v) is 1.82. The number of hydrogen-bond acceptors (Lipinski definition) is 4. The highest BCUT2D eigenvalue weighted by Crippen LogP contribution is 2.23. The van der Waals surface area contributed by atoms with Gasteiger partial charge in [0.05, 0.1) is 0 Å². The van der Waals surface area contributed by atoms with Gasteiger partial charge in [-0.15, -0.1) is 0 Å². The molecule has 0 amide bonds. The molecule has 0 saturated carbocycles. The molecule has 0 aliphatic rings. The fourth-order valence-electron chi connectivity index (χ4n) is 0.686. The molecule has 0 heterocycles. The summed E-state index contributed by atoms with van der Waals surface area (Å²) in [7, 11) is 0. The summed E-state index contributed by atoms with van der Waals surface area (Å²) in [5.41, 5.74) is 0. The summed E-state index contributed by atoms with van der Waals surface area (Å²) in [5, 5.41) is 0. The average molecular weight is 366 g/mol.